The number of piperidine rings is 1. The molecule has 0 radical (unpaired) electrons. The van der Waals surface area contributed by atoms with Gasteiger partial charge in [-0.15, -0.1) is 0 Å². The van der Waals surface area contributed by atoms with E-state index in [0.717, 1.165) is 66.7 Å². The third kappa shape index (κ3) is 4.62. The summed E-state index contributed by atoms with van der Waals surface area (Å²) >= 11 is 0. The summed E-state index contributed by atoms with van der Waals surface area (Å²) in [5.41, 5.74) is 4.56. The maximum atomic E-state index is 13.2. The average Bonchev–Trinajstić information content (AvgIpc) is 3.59. The van der Waals surface area contributed by atoms with Gasteiger partial charge in [0.2, 0.25) is 0 Å². The standard InChI is InChI=1S/C29H31N3O5/c1-17-6-2-3-7-22(17)26-24(27(37-31-26)18-10-11-18)16-36-21-14-19-12-13-20(15-21)32(19)29(35)30-25-9-5-4-8-23(25)28(33)34/h2-9,18-21H,10-16H2,1H3,(H,30,35)(H,33,34). The zero-order valence-corrected chi connectivity index (χ0v) is 20.9. The number of carboxylic acid groups (broad SMARTS) is 1. The number of nitrogens with zero attached hydrogens (tertiary/aromatic N) is 2. The summed E-state index contributed by atoms with van der Waals surface area (Å²) in [6.07, 6.45) is 5.65. The summed E-state index contributed by atoms with van der Waals surface area (Å²) in [5.74, 6) is 0.324. The summed E-state index contributed by atoms with van der Waals surface area (Å²) in [5, 5.41) is 16.7. The van der Waals surface area contributed by atoms with Crippen LogP contribution in [0.25, 0.3) is 11.3 Å². The topological polar surface area (TPSA) is 105 Å². The molecule has 3 heterocycles. The monoisotopic (exact) mass is 501 g/mol. The van der Waals surface area contributed by atoms with Gasteiger partial charge in [-0.3, -0.25) is 0 Å². The van der Waals surface area contributed by atoms with E-state index >= 15 is 0 Å². The van der Waals surface area contributed by atoms with E-state index in [1.54, 1.807) is 18.2 Å². The molecule has 8 nitrogen and oxygen atoms in total. The first kappa shape index (κ1) is 23.7. The predicted molar refractivity (Wildman–Crippen MR) is 138 cm³/mol. The number of benzene rings is 2. The molecule has 1 saturated carbocycles. The number of carbonyl (C=O) groups is 2. The third-order valence-corrected chi connectivity index (χ3v) is 7.95. The maximum absolute atomic E-state index is 13.2. The molecule has 37 heavy (non-hydrogen) atoms. The highest BCUT2D eigenvalue weighted by Crippen LogP contribution is 2.45. The second kappa shape index (κ2) is 9.67. The van der Waals surface area contributed by atoms with Gasteiger partial charge in [0.05, 0.1) is 24.0 Å². The molecule has 6 rings (SSSR count). The zero-order valence-electron chi connectivity index (χ0n) is 20.9. The van der Waals surface area contributed by atoms with Crippen LogP contribution in [0.5, 0.6) is 0 Å². The normalized spacial score (nSPS) is 22.7. The Balaban J connectivity index is 1.14. The van der Waals surface area contributed by atoms with Crippen molar-refractivity contribution in [3.63, 3.8) is 0 Å². The highest BCUT2D eigenvalue weighted by atomic mass is 16.5. The van der Waals surface area contributed by atoms with Crippen molar-refractivity contribution >= 4 is 17.7 Å². The molecule has 2 unspecified atom stereocenters. The molecule has 2 aliphatic heterocycles. The van der Waals surface area contributed by atoms with E-state index < -0.39 is 5.97 Å². The van der Waals surface area contributed by atoms with E-state index in [1.165, 1.54) is 6.07 Å². The molecule has 3 aliphatic rings. The van der Waals surface area contributed by atoms with Crippen LogP contribution in [0, 0.1) is 6.92 Å². The lowest BCUT2D eigenvalue weighted by atomic mass is 9.99. The van der Waals surface area contributed by atoms with Crippen LogP contribution in [0.2, 0.25) is 0 Å². The highest BCUT2D eigenvalue weighted by molar-refractivity contribution is 6.00. The lowest BCUT2D eigenvalue weighted by Gasteiger charge is -2.38. The number of para-hydroxylation sites is 1. The number of ether oxygens (including phenoxy) is 1. The molecule has 2 atom stereocenters. The van der Waals surface area contributed by atoms with Crippen LogP contribution in [0.15, 0.2) is 53.1 Å². The Kier molecular flexibility index (Phi) is 6.20. The number of urea groups is 1. The second-order valence-corrected chi connectivity index (χ2v) is 10.4. The van der Waals surface area contributed by atoms with Gasteiger partial charge in [0.25, 0.3) is 0 Å². The zero-order chi connectivity index (χ0) is 25.5. The molecule has 0 spiro atoms. The van der Waals surface area contributed by atoms with E-state index in [4.69, 9.17) is 9.26 Å². The van der Waals surface area contributed by atoms with Crippen LogP contribution >= 0.6 is 0 Å². The minimum atomic E-state index is -1.06. The van der Waals surface area contributed by atoms with Crippen LogP contribution in [0.3, 0.4) is 0 Å². The Morgan fingerprint density at radius 3 is 2.46 bits per heavy atom. The van der Waals surface area contributed by atoms with Gasteiger partial charge in [-0.1, -0.05) is 41.6 Å². The molecule has 2 bridgehead atoms. The minimum absolute atomic E-state index is 0.0412. The van der Waals surface area contributed by atoms with Crippen molar-refractivity contribution in [3.05, 3.63) is 71.0 Å². The number of aryl methyl sites for hydroxylation is 1. The summed E-state index contributed by atoms with van der Waals surface area (Å²) in [6, 6.07) is 14.6. The van der Waals surface area contributed by atoms with E-state index in [9.17, 15) is 14.7 Å². The Morgan fingerprint density at radius 2 is 1.76 bits per heavy atom. The number of hydrogen-bond acceptors (Lipinski definition) is 5. The van der Waals surface area contributed by atoms with Crippen molar-refractivity contribution in [1.29, 1.82) is 0 Å². The Morgan fingerprint density at radius 1 is 1.05 bits per heavy atom. The average molecular weight is 502 g/mol. The molecule has 1 aliphatic carbocycles. The summed E-state index contributed by atoms with van der Waals surface area (Å²) < 4.78 is 12.3. The summed E-state index contributed by atoms with van der Waals surface area (Å²) in [7, 11) is 0. The number of nitrogens with one attached hydrogen (secondary N) is 1. The molecule has 2 aromatic carbocycles. The van der Waals surface area contributed by atoms with Gasteiger partial charge in [-0.25, -0.2) is 9.59 Å². The lowest BCUT2D eigenvalue weighted by molar-refractivity contribution is -0.0158. The van der Waals surface area contributed by atoms with E-state index in [2.05, 4.69) is 29.5 Å². The molecule has 2 amide bonds. The van der Waals surface area contributed by atoms with E-state index in [-0.39, 0.29) is 29.8 Å². The van der Waals surface area contributed by atoms with E-state index in [1.807, 2.05) is 17.0 Å². The van der Waals surface area contributed by atoms with Gasteiger partial charge in [0.1, 0.15) is 11.5 Å². The number of amides is 2. The van der Waals surface area contributed by atoms with Crippen LogP contribution in [-0.2, 0) is 11.3 Å². The lowest BCUT2D eigenvalue weighted by Crippen LogP contribution is -2.50. The molecule has 192 valence electrons. The number of aromatic nitrogens is 1. The van der Waals surface area contributed by atoms with Crippen molar-refractivity contribution in [2.75, 3.05) is 5.32 Å². The fourth-order valence-corrected chi connectivity index (χ4v) is 5.93. The van der Waals surface area contributed by atoms with Gasteiger partial charge in [0, 0.05) is 29.1 Å². The van der Waals surface area contributed by atoms with Crippen LogP contribution in [-0.4, -0.2) is 45.4 Å². The van der Waals surface area contributed by atoms with E-state index in [0.29, 0.717) is 18.2 Å². The molecule has 3 aromatic rings. The smallest absolute Gasteiger partial charge is 0.337 e. The predicted octanol–water partition coefficient (Wildman–Crippen LogP) is 5.97. The number of anilines is 1. The molecule has 1 aromatic heterocycles. The van der Waals surface area contributed by atoms with Crippen LogP contribution in [0.4, 0.5) is 10.5 Å². The fraction of sp³-hybridized carbons (Fsp3) is 0.414. The van der Waals surface area contributed by atoms with Crippen LogP contribution in [0.1, 0.15) is 71.7 Å². The highest BCUT2D eigenvalue weighted by Gasteiger charge is 2.44. The number of hydrogen-bond donors (Lipinski definition) is 2. The van der Waals surface area contributed by atoms with Gasteiger partial charge >= 0.3 is 12.0 Å². The minimum Gasteiger partial charge on any atom is -0.478 e. The first-order valence-electron chi connectivity index (χ1n) is 13.1. The molecule has 2 saturated heterocycles. The van der Waals surface area contributed by atoms with Gasteiger partial charge < -0.3 is 24.6 Å². The molecule has 3 fully saturated rings. The summed E-state index contributed by atoms with van der Waals surface area (Å²) in [4.78, 5) is 26.6. The van der Waals surface area contributed by atoms with Gasteiger partial charge in [0.15, 0.2) is 0 Å². The van der Waals surface area contributed by atoms with Crippen LogP contribution < -0.4 is 5.32 Å². The number of carboxylic acids is 1. The van der Waals surface area contributed by atoms with Crippen molar-refractivity contribution in [2.45, 2.75) is 76.2 Å². The first-order valence-corrected chi connectivity index (χ1v) is 13.1. The van der Waals surface area contributed by atoms with Crippen molar-refractivity contribution < 1.29 is 24.0 Å². The fourth-order valence-electron chi connectivity index (χ4n) is 5.93. The molecular weight excluding hydrogens is 470 g/mol. The Labute approximate surface area is 215 Å². The third-order valence-electron chi connectivity index (χ3n) is 7.95. The molecular formula is C29H31N3O5. The second-order valence-electron chi connectivity index (χ2n) is 10.4. The number of fused-ring (bicyclic) bond motifs is 2. The van der Waals surface area contributed by atoms with Crippen molar-refractivity contribution in [1.82, 2.24) is 10.1 Å². The summed E-state index contributed by atoms with van der Waals surface area (Å²) in [6.45, 7) is 2.53. The van der Waals surface area contributed by atoms with Crippen molar-refractivity contribution in [2.24, 2.45) is 0 Å². The Bertz CT molecular complexity index is 1320. The van der Waals surface area contributed by atoms with Gasteiger partial charge in [-0.2, -0.15) is 0 Å². The first-order chi connectivity index (χ1) is 18.0. The SMILES string of the molecule is Cc1ccccc1-c1noc(C2CC2)c1COC1CC2CCC(C1)N2C(=O)Nc1ccccc1C(=O)O. The largest absolute Gasteiger partial charge is 0.478 e. The molecule has 8 heteroatoms. The number of aromatic carboxylic acids is 1. The molecule has 2 N–H and O–H groups in total. The Hall–Kier alpha value is -3.65. The number of carbonyl (C=O) groups excluding carboxylic acids is 1. The number of rotatable bonds is 7. The quantitative estimate of drug-likeness (QED) is 0.413. The maximum Gasteiger partial charge on any atom is 0.337 e. The van der Waals surface area contributed by atoms with Crippen molar-refractivity contribution in [3.8, 4) is 11.3 Å². The van der Waals surface area contributed by atoms with Gasteiger partial charge in [-0.05, 0) is 63.1 Å².